The van der Waals surface area contributed by atoms with Gasteiger partial charge in [0.25, 0.3) is 5.56 Å². The van der Waals surface area contributed by atoms with E-state index in [0.29, 0.717) is 10.9 Å². The maximum Gasteiger partial charge on any atom is 0.258 e. The van der Waals surface area contributed by atoms with Crippen LogP contribution in [0.5, 0.6) is 0 Å². The Kier molecular flexibility index (Phi) is 3.28. The van der Waals surface area contributed by atoms with E-state index in [-0.39, 0.29) is 5.56 Å². The van der Waals surface area contributed by atoms with Gasteiger partial charge >= 0.3 is 0 Å². The molecule has 16 heavy (non-hydrogen) atoms. The quantitative estimate of drug-likeness (QED) is 0.577. The molecule has 3 nitrogen and oxygen atoms in total. The Balaban J connectivity index is 2.46. The fourth-order valence-electron chi connectivity index (χ4n) is 1.37. The van der Waals surface area contributed by atoms with Crippen LogP contribution in [0, 0.1) is 11.8 Å². The summed E-state index contributed by atoms with van der Waals surface area (Å²) in [6.07, 6.45) is 2.15. The summed E-state index contributed by atoms with van der Waals surface area (Å²) >= 11 is 4.08. The van der Waals surface area contributed by atoms with E-state index in [4.69, 9.17) is 0 Å². The van der Waals surface area contributed by atoms with E-state index >= 15 is 0 Å². The molecule has 0 saturated heterocycles. The Hall–Kier alpha value is -1.73. The smallest absolute Gasteiger partial charge is 0.258 e. The second kappa shape index (κ2) is 4.86. The molecule has 80 valence electrons. The molecule has 0 radical (unpaired) electrons. The minimum Gasteiger partial charge on any atom is -0.313 e. The number of aromatic nitrogens is 2. The first-order valence-electron chi connectivity index (χ1n) is 4.88. The number of fused-ring (bicyclic) bond motifs is 1. The lowest BCUT2D eigenvalue weighted by atomic mass is 10.1. The molecular weight excluding hydrogens is 220 g/mol. The number of aromatic amines is 1. The van der Waals surface area contributed by atoms with Crippen molar-refractivity contribution >= 4 is 23.5 Å². The number of benzene rings is 1. The topological polar surface area (TPSA) is 45.8 Å². The van der Waals surface area contributed by atoms with Gasteiger partial charge in [-0.15, -0.1) is 0 Å². The van der Waals surface area contributed by atoms with E-state index in [1.54, 1.807) is 6.07 Å². The highest BCUT2D eigenvalue weighted by atomic mass is 32.1. The summed E-state index contributed by atoms with van der Waals surface area (Å²) in [7, 11) is 0. The minimum absolute atomic E-state index is 0.125. The predicted molar refractivity (Wildman–Crippen MR) is 67.7 cm³/mol. The van der Waals surface area contributed by atoms with Gasteiger partial charge in [-0.05, 0) is 18.2 Å². The van der Waals surface area contributed by atoms with E-state index in [1.165, 1.54) is 6.33 Å². The molecule has 1 aromatic heterocycles. The molecule has 0 unspecified atom stereocenters. The van der Waals surface area contributed by atoms with Crippen molar-refractivity contribution in [1.82, 2.24) is 9.97 Å². The highest BCUT2D eigenvalue weighted by Crippen LogP contribution is 2.08. The lowest BCUT2D eigenvalue weighted by Gasteiger charge is -1.95. The lowest BCUT2D eigenvalue weighted by Crippen LogP contribution is -2.05. The summed E-state index contributed by atoms with van der Waals surface area (Å²) in [5.41, 5.74) is 1.41. The van der Waals surface area contributed by atoms with Crippen molar-refractivity contribution in [2.24, 2.45) is 0 Å². The number of thiol groups is 1. The lowest BCUT2D eigenvalue weighted by molar-refractivity contribution is 1.17. The zero-order valence-electron chi connectivity index (χ0n) is 8.53. The molecule has 1 N–H and O–H groups in total. The van der Waals surface area contributed by atoms with Crippen LogP contribution in [-0.4, -0.2) is 15.7 Å². The highest BCUT2D eigenvalue weighted by Gasteiger charge is 1.98. The Morgan fingerprint density at radius 2 is 2.31 bits per heavy atom. The van der Waals surface area contributed by atoms with Crippen LogP contribution in [0.25, 0.3) is 10.9 Å². The second-order valence-corrected chi connectivity index (χ2v) is 3.69. The van der Waals surface area contributed by atoms with Gasteiger partial charge < -0.3 is 4.98 Å². The van der Waals surface area contributed by atoms with Crippen molar-refractivity contribution in [3.8, 4) is 11.8 Å². The number of rotatable bonds is 1. The van der Waals surface area contributed by atoms with Crippen LogP contribution in [0.1, 0.15) is 12.0 Å². The van der Waals surface area contributed by atoms with Crippen LogP contribution in [0.15, 0.2) is 29.3 Å². The van der Waals surface area contributed by atoms with Gasteiger partial charge in [-0.3, -0.25) is 4.79 Å². The van der Waals surface area contributed by atoms with Gasteiger partial charge in [-0.25, -0.2) is 4.98 Å². The Bertz CT molecular complexity index is 622. The molecule has 1 aromatic carbocycles. The number of nitrogens with zero attached hydrogens (tertiary/aromatic N) is 1. The molecule has 0 bridgehead atoms. The molecule has 0 amide bonds. The first kappa shape index (κ1) is 10.8. The summed E-state index contributed by atoms with van der Waals surface area (Å²) in [6.45, 7) is 0. The van der Waals surface area contributed by atoms with Crippen LogP contribution < -0.4 is 5.56 Å². The summed E-state index contributed by atoms with van der Waals surface area (Å²) in [4.78, 5) is 18.0. The molecule has 2 aromatic rings. The maximum atomic E-state index is 11.4. The van der Waals surface area contributed by atoms with Crippen LogP contribution in [-0.2, 0) is 0 Å². The number of nitrogens with one attached hydrogen (secondary N) is 1. The Labute approximate surface area is 98.3 Å². The van der Waals surface area contributed by atoms with Crippen LogP contribution >= 0.6 is 12.6 Å². The van der Waals surface area contributed by atoms with Gasteiger partial charge in [0.2, 0.25) is 0 Å². The zero-order chi connectivity index (χ0) is 11.4. The van der Waals surface area contributed by atoms with Crippen molar-refractivity contribution < 1.29 is 0 Å². The molecule has 0 aliphatic carbocycles. The van der Waals surface area contributed by atoms with Crippen molar-refractivity contribution in [1.29, 1.82) is 0 Å². The van der Waals surface area contributed by atoms with Crippen molar-refractivity contribution in [3.63, 3.8) is 0 Å². The first-order chi connectivity index (χ1) is 7.81. The molecule has 0 fully saturated rings. The average molecular weight is 230 g/mol. The number of H-pyrrole nitrogens is 1. The summed E-state index contributed by atoms with van der Waals surface area (Å²) < 4.78 is 0. The monoisotopic (exact) mass is 230 g/mol. The molecule has 0 spiro atoms. The largest absolute Gasteiger partial charge is 0.313 e. The number of hydrogen-bond acceptors (Lipinski definition) is 3. The second-order valence-electron chi connectivity index (χ2n) is 3.24. The van der Waals surface area contributed by atoms with E-state index < -0.39 is 0 Å². The van der Waals surface area contributed by atoms with Crippen LogP contribution in [0.2, 0.25) is 0 Å². The van der Waals surface area contributed by atoms with Gasteiger partial charge in [0.05, 0.1) is 17.2 Å². The van der Waals surface area contributed by atoms with Crippen molar-refractivity contribution in [3.05, 3.63) is 40.4 Å². The third kappa shape index (κ3) is 2.26. The first-order valence-corrected chi connectivity index (χ1v) is 5.51. The van der Waals surface area contributed by atoms with Gasteiger partial charge in [0, 0.05) is 17.7 Å². The van der Waals surface area contributed by atoms with Gasteiger partial charge in [-0.1, -0.05) is 11.8 Å². The summed E-state index contributed by atoms with van der Waals surface area (Å²) in [5.74, 6) is 6.75. The summed E-state index contributed by atoms with van der Waals surface area (Å²) in [6, 6.07) is 5.38. The minimum atomic E-state index is -0.125. The Morgan fingerprint density at radius 1 is 1.44 bits per heavy atom. The van der Waals surface area contributed by atoms with Crippen molar-refractivity contribution in [2.45, 2.75) is 6.42 Å². The average Bonchev–Trinajstić information content (AvgIpc) is 2.30. The van der Waals surface area contributed by atoms with Gasteiger partial charge in [0.1, 0.15) is 0 Å². The van der Waals surface area contributed by atoms with Gasteiger partial charge in [-0.2, -0.15) is 12.6 Å². The summed E-state index contributed by atoms with van der Waals surface area (Å²) in [5, 5.41) is 0.585. The highest BCUT2D eigenvalue weighted by molar-refractivity contribution is 7.80. The maximum absolute atomic E-state index is 11.4. The molecule has 0 aliphatic rings. The molecule has 1 heterocycles. The van der Waals surface area contributed by atoms with Gasteiger partial charge in [0.15, 0.2) is 0 Å². The van der Waals surface area contributed by atoms with Crippen LogP contribution in [0.3, 0.4) is 0 Å². The molecular formula is C12H10N2OS. The normalized spacial score (nSPS) is 9.81. The zero-order valence-corrected chi connectivity index (χ0v) is 9.42. The third-order valence-electron chi connectivity index (χ3n) is 2.11. The standard InChI is InChI=1S/C12H10N2OS/c15-12-10-5-4-9(3-1-2-6-16)7-11(10)13-8-14-12/h4-5,7-8,16H,2,6H2,(H,13,14,15). The molecule has 0 aliphatic heterocycles. The molecule has 2 rings (SSSR count). The SMILES string of the molecule is O=c1[nH]cnc2cc(C#CCCS)ccc12. The van der Waals surface area contributed by atoms with E-state index in [0.717, 1.165) is 17.7 Å². The van der Waals surface area contributed by atoms with E-state index in [9.17, 15) is 4.79 Å². The predicted octanol–water partition coefficient (Wildman–Crippen LogP) is 1.59. The Morgan fingerprint density at radius 3 is 3.12 bits per heavy atom. The van der Waals surface area contributed by atoms with Crippen molar-refractivity contribution in [2.75, 3.05) is 5.75 Å². The van der Waals surface area contributed by atoms with E-state index in [1.807, 2.05) is 12.1 Å². The molecule has 0 saturated carbocycles. The molecule has 4 heteroatoms. The fourth-order valence-corrected chi connectivity index (χ4v) is 1.48. The van der Waals surface area contributed by atoms with Crippen LogP contribution in [0.4, 0.5) is 0 Å². The number of hydrogen-bond donors (Lipinski definition) is 2. The van der Waals surface area contributed by atoms with E-state index in [2.05, 4.69) is 34.4 Å². The molecule has 0 atom stereocenters. The fraction of sp³-hybridized carbons (Fsp3) is 0.167. The third-order valence-corrected chi connectivity index (χ3v) is 2.33.